The van der Waals surface area contributed by atoms with Crippen LogP contribution >= 0.6 is 12.4 Å². The van der Waals surface area contributed by atoms with Crippen molar-refractivity contribution in [1.82, 2.24) is 0 Å². The molecule has 0 fully saturated rings. The molecule has 94 valence electrons. The lowest BCUT2D eigenvalue weighted by molar-refractivity contribution is -0.148. The van der Waals surface area contributed by atoms with Gasteiger partial charge < -0.3 is 5.73 Å². The Balaban J connectivity index is 0.00000256. The van der Waals surface area contributed by atoms with Crippen LogP contribution in [-0.4, -0.2) is 12.2 Å². The molecule has 0 heterocycles. The van der Waals surface area contributed by atoms with Crippen molar-refractivity contribution >= 4 is 12.4 Å². The van der Waals surface area contributed by atoms with Gasteiger partial charge in [0.25, 0.3) is 0 Å². The van der Waals surface area contributed by atoms with Crippen LogP contribution in [0.3, 0.4) is 0 Å². The molecule has 6 heteroatoms. The number of hydrogen-bond acceptors (Lipinski definition) is 2. The molecule has 2 nitrogen and oxygen atoms in total. The Morgan fingerprint density at radius 1 is 1.35 bits per heavy atom. The molecule has 1 unspecified atom stereocenters. The second kappa shape index (κ2) is 6.48. The van der Waals surface area contributed by atoms with E-state index in [0.29, 0.717) is 11.1 Å². The molecule has 0 saturated heterocycles. The fraction of sp³-hybridized carbons (Fsp3) is 0.364. The summed E-state index contributed by atoms with van der Waals surface area (Å²) in [6, 6.07) is 6.63. The summed E-state index contributed by atoms with van der Waals surface area (Å²) in [4.78, 5) is 0. The van der Waals surface area contributed by atoms with Gasteiger partial charge in [0, 0.05) is 0 Å². The van der Waals surface area contributed by atoms with Gasteiger partial charge in [-0.05, 0) is 30.5 Å². The van der Waals surface area contributed by atoms with Gasteiger partial charge in [0.2, 0.25) is 0 Å². The normalized spacial score (nSPS) is 12.4. The smallest absolute Gasteiger partial charge is 0.320 e. The summed E-state index contributed by atoms with van der Waals surface area (Å²) in [5, 5.41) is 8.61. The molecule has 0 aliphatic heterocycles. The van der Waals surface area contributed by atoms with Crippen molar-refractivity contribution in [2.75, 3.05) is 0 Å². The Morgan fingerprint density at radius 2 is 2.00 bits per heavy atom. The highest BCUT2D eigenvalue weighted by molar-refractivity contribution is 5.85. The number of hydrogen-bond donors (Lipinski definition) is 1. The third kappa shape index (κ3) is 5.07. The predicted octanol–water partition coefficient (Wildman–Crippen LogP) is 2.80. The zero-order chi connectivity index (χ0) is 12.2. The van der Waals surface area contributed by atoms with Gasteiger partial charge in [-0.3, -0.25) is 0 Å². The molecule has 1 atom stereocenters. The average molecular weight is 265 g/mol. The maximum atomic E-state index is 12.1. The Kier molecular flexibility index (Phi) is 6.00. The molecule has 0 spiro atoms. The highest BCUT2D eigenvalue weighted by Gasteiger charge is 2.35. The van der Waals surface area contributed by atoms with Crippen molar-refractivity contribution < 1.29 is 13.2 Å². The van der Waals surface area contributed by atoms with E-state index < -0.39 is 12.2 Å². The van der Waals surface area contributed by atoms with E-state index in [2.05, 4.69) is 0 Å². The third-order valence-corrected chi connectivity index (χ3v) is 2.22. The minimum absolute atomic E-state index is 0. The fourth-order valence-corrected chi connectivity index (χ4v) is 1.28. The highest BCUT2D eigenvalue weighted by atomic mass is 35.5. The standard InChI is InChI=1S/C11H11F3N2.ClH/c12-11(13,14)10(16)5-4-8-2-1-3-9(6-8)7-15;/h1-3,6,10H,4-5,16H2;1H. The van der Waals surface area contributed by atoms with Crippen LogP contribution in [0.2, 0.25) is 0 Å². The Hall–Kier alpha value is -1.25. The van der Waals surface area contributed by atoms with Gasteiger partial charge in [-0.25, -0.2) is 0 Å². The summed E-state index contributed by atoms with van der Waals surface area (Å²) in [6.07, 6.45) is -4.30. The van der Waals surface area contributed by atoms with E-state index in [1.807, 2.05) is 6.07 Å². The van der Waals surface area contributed by atoms with Gasteiger partial charge in [-0.15, -0.1) is 12.4 Å². The van der Waals surface area contributed by atoms with Gasteiger partial charge in [-0.1, -0.05) is 12.1 Å². The molecule has 1 aromatic rings. The lowest BCUT2D eigenvalue weighted by Crippen LogP contribution is -2.37. The van der Waals surface area contributed by atoms with E-state index in [-0.39, 0.29) is 25.2 Å². The van der Waals surface area contributed by atoms with E-state index in [9.17, 15) is 13.2 Å². The minimum atomic E-state index is -4.35. The summed E-state index contributed by atoms with van der Waals surface area (Å²) >= 11 is 0. The first-order chi connectivity index (χ1) is 7.43. The van der Waals surface area contributed by atoms with Crippen LogP contribution in [-0.2, 0) is 6.42 Å². The topological polar surface area (TPSA) is 49.8 Å². The highest BCUT2D eigenvalue weighted by Crippen LogP contribution is 2.22. The van der Waals surface area contributed by atoms with E-state index in [4.69, 9.17) is 11.0 Å². The van der Waals surface area contributed by atoms with Crippen molar-refractivity contribution in [1.29, 1.82) is 5.26 Å². The average Bonchev–Trinajstić information content (AvgIpc) is 2.25. The molecule has 0 aromatic heterocycles. The Labute approximate surface area is 104 Å². The lowest BCUT2D eigenvalue weighted by Gasteiger charge is -2.15. The van der Waals surface area contributed by atoms with Gasteiger partial charge in [0.15, 0.2) is 0 Å². The maximum Gasteiger partial charge on any atom is 0.403 e. The number of benzene rings is 1. The van der Waals surface area contributed by atoms with E-state index >= 15 is 0 Å². The molecule has 0 saturated carbocycles. The van der Waals surface area contributed by atoms with Gasteiger partial charge >= 0.3 is 6.18 Å². The molecule has 0 bridgehead atoms. The number of rotatable bonds is 3. The number of nitriles is 1. The van der Waals surface area contributed by atoms with Crippen LogP contribution < -0.4 is 5.73 Å². The Morgan fingerprint density at radius 3 is 2.53 bits per heavy atom. The summed E-state index contributed by atoms with van der Waals surface area (Å²) in [5.41, 5.74) is 6.12. The molecular formula is C11H12ClF3N2. The first-order valence-electron chi connectivity index (χ1n) is 4.75. The van der Waals surface area contributed by atoms with E-state index in [0.717, 1.165) is 0 Å². The summed E-state index contributed by atoms with van der Waals surface area (Å²) < 4.78 is 36.4. The van der Waals surface area contributed by atoms with Gasteiger partial charge in [-0.2, -0.15) is 18.4 Å². The number of aryl methyl sites for hydroxylation is 1. The van der Waals surface area contributed by atoms with Gasteiger partial charge in [0.1, 0.15) is 6.04 Å². The molecule has 1 aromatic carbocycles. The number of alkyl halides is 3. The van der Waals surface area contributed by atoms with Crippen molar-refractivity contribution in [3.05, 3.63) is 35.4 Å². The van der Waals surface area contributed by atoms with E-state index in [1.54, 1.807) is 24.3 Å². The van der Waals surface area contributed by atoms with Crippen LogP contribution in [0.4, 0.5) is 13.2 Å². The number of halogens is 4. The van der Waals surface area contributed by atoms with Crippen molar-refractivity contribution in [3.63, 3.8) is 0 Å². The zero-order valence-corrected chi connectivity index (χ0v) is 9.68. The van der Waals surface area contributed by atoms with Crippen molar-refractivity contribution in [3.8, 4) is 6.07 Å². The lowest BCUT2D eigenvalue weighted by atomic mass is 10.0. The minimum Gasteiger partial charge on any atom is -0.320 e. The molecule has 1 rings (SSSR count). The molecular weight excluding hydrogens is 253 g/mol. The van der Waals surface area contributed by atoms with Crippen LogP contribution in [0.25, 0.3) is 0 Å². The molecule has 2 N–H and O–H groups in total. The van der Waals surface area contributed by atoms with Crippen molar-refractivity contribution in [2.24, 2.45) is 5.73 Å². The molecule has 0 aliphatic rings. The quantitative estimate of drug-likeness (QED) is 0.913. The van der Waals surface area contributed by atoms with Gasteiger partial charge in [0.05, 0.1) is 11.6 Å². The summed E-state index contributed by atoms with van der Waals surface area (Å²) in [7, 11) is 0. The summed E-state index contributed by atoms with van der Waals surface area (Å²) in [6.45, 7) is 0. The maximum absolute atomic E-state index is 12.1. The fourth-order valence-electron chi connectivity index (χ4n) is 1.28. The largest absolute Gasteiger partial charge is 0.403 e. The van der Waals surface area contributed by atoms with Crippen LogP contribution in [0.5, 0.6) is 0 Å². The second-order valence-corrected chi connectivity index (χ2v) is 3.50. The molecule has 0 aliphatic carbocycles. The molecule has 17 heavy (non-hydrogen) atoms. The first-order valence-corrected chi connectivity index (χ1v) is 4.75. The van der Waals surface area contributed by atoms with Crippen molar-refractivity contribution in [2.45, 2.75) is 25.1 Å². The first kappa shape index (κ1) is 15.8. The Bertz CT molecular complexity index is 398. The molecule has 0 radical (unpaired) electrons. The summed E-state index contributed by atoms with van der Waals surface area (Å²) in [5.74, 6) is 0. The number of nitrogens with zero attached hydrogens (tertiary/aromatic N) is 1. The van der Waals surface area contributed by atoms with Crippen LogP contribution in [0, 0.1) is 11.3 Å². The monoisotopic (exact) mass is 264 g/mol. The van der Waals surface area contributed by atoms with E-state index in [1.165, 1.54) is 0 Å². The predicted molar refractivity (Wildman–Crippen MR) is 60.8 cm³/mol. The van der Waals surface area contributed by atoms with Crippen LogP contribution in [0.15, 0.2) is 24.3 Å². The second-order valence-electron chi connectivity index (χ2n) is 3.50. The SMILES string of the molecule is Cl.N#Cc1cccc(CCC(N)C(F)(F)F)c1. The third-order valence-electron chi connectivity index (χ3n) is 2.22. The molecule has 0 amide bonds. The number of nitrogens with two attached hydrogens (primary N) is 1. The van der Waals surface area contributed by atoms with Crippen LogP contribution in [0.1, 0.15) is 17.5 Å². The zero-order valence-electron chi connectivity index (χ0n) is 8.87.